The molecule has 0 aliphatic carbocycles. The van der Waals surface area contributed by atoms with Gasteiger partial charge in [0, 0.05) is 64.9 Å². The number of carbonyl (C=O) groups is 1. The lowest BCUT2D eigenvalue weighted by Crippen LogP contribution is -2.25. The highest BCUT2D eigenvalue weighted by atomic mass is 32.2. The van der Waals surface area contributed by atoms with E-state index in [1.54, 1.807) is 42.5 Å². The van der Waals surface area contributed by atoms with Crippen molar-refractivity contribution in [3.63, 3.8) is 0 Å². The number of rotatable bonds is 7. The molecule has 0 saturated carbocycles. The Kier molecular flexibility index (Phi) is 7.13. The summed E-state index contributed by atoms with van der Waals surface area (Å²) in [7, 11) is 0.712. The number of sulfonamides is 1. The van der Waals surface area contributed by atoms with Crippen LogP contribution >= 0.6 is 0 Å². The van der Waals surface area contributed by atoms with E-state index in [4.69, 9.17) is 9.15 Å². The largest absolute Gasteiger partial charge is 0.481 e. The van der Waals surface area contributed by atoms with Gasteiger partial charge in [0.05, 0.1) is 30.3 Å². The summed E-state index contributed by atoms with van der Waals surface area (Å²) in [5, 5.41) is 3.59. The fourth-order valence-electron chi connectivity index (χ4n) is 5.21. The lowest BCUT2D eigenvalue weighted by Gasteiger charge is -2.21. The highest BCUT2D eigenvalue weighted by molar-refractivity contribution is 7.92. The SMILES string of the molecule is CNC(=O)c1c(-c2ccc(C)cc2)oc2cc(N(C)S(C)(=O)=O)c(-c3cc(-c4cc5c(F)cccc5[nH]4)cc(OC)n3)cc12. The minimum Gasteiger partial charge on any atom is -0.481 e. The van der Waals surface area contributed by atoms with E-state index in [1.165, 1.54) is 27.3 Å². The average molecular weight is 613 g/mol. The molecule has 3 aromatic heterocycles. The number of nitrogens with one attached hydrogen (secondary N) is 2. The number of anilines is 1. The average Bonchev–Trinajstić information content (AvgIpc) is 3.62. The molecule has 0 bridgehead atoms. The summed E-state index contributed by atoms with van der Waals surface area (Å²) in [5.41, 5.74) is 5.28. The summed E-state index contributed by atoms with van der Waals surface area (Å²) in [6.45, 7) is 1.96. The first kappa shape index (κ1) is 28.9. The zero-order valence-electron chi connectivity index (χ0n) is 24.7. The van der Waals surface area contributed by atoms with Crippen LogP contribution in [-0.4, -0.2) is 51.8 Å². The van der Waals surface area contributed by atoms with Crippen LogP contribution < -0.4 is 14.4 Å². The molecule has 11 heteroatoms. The van der Waals surface area contributed by atoms with Gasteiger partial charge in [-0.3, -0.25) is 9.10 Å². The molecule has 6 aromatic rings. The van der Waals surface area contributed by atoms with Crippen LogP contribution in [0.4, 0.5) is 10.1 Å². The molecular weight excluding hydrogens is 583 g/mol. The summed E-state index contributed by atoms with van der Waals surface area (Å²) < 4.78 is 53.1. The number of aromatic amines is 1. The summed E-state index contributed by atoms with van der Waals surface area (Å²) in [6, 6.07) is 20.8. The zero-order chi connectivity index (χ0) is 31.3. The molecule has 2 N–H and O–H groups in total. The topological polar surface area (TPSA) is 118 Å². The Morgan fingerprint density at radius 3 is 2.43 bits per heavy atom. The number of pyridine rings is 1. The number of furan rings is 1. The van der Waals surface area contributed by atoms with Gasteiger partial charge in [0.15, 0.2) is 0 Å². The van der Waals surface area contributed by atoms with Crippen LogP contribution in [0.1, 0.15) is 15.9 Å². The van der Waals surface area contributed by atoms with Gasteiger partial charge in [-0.1, -0.05) is 35.9 Å². The third-order valence-corrected chi connectivity index (χ3v) is 8.81. The number of benzene rings is 3. The molecule has 9 nitrogen and oxygen atoms in total. The van der Waals surface area contributed by atoms with Gasteiger partial charge in [-0.05, 0) is 37.3 Å². The van der Waals surface area contributed by atoms with E-state index in [1.807, 2.05) is 31.2 Å². The van der Waals surface area contributed by atoms with E-state index < -0.39 is 10.0 Å². The zero-order valence-corrected chi connectivity index (χ0v) is 25.5. The van der Waals surface area contributed by atoms with Gasteiger partial charge in [-0.2, -0.15) is 0 Å². The maximum absolute atomic E-state index is 14.5. The van der Waals surface area contributed by atoms with Crippen LogP contribution in [0, 0.1) is 12.7 Å². The van der Waals surface area contributed by atoms with Crippen LogP contribution in [0.2, 0.25) is 0 Å². The molecule has 0 radical (unpaired) electrons. The summed E-state index contributed by atoms with van der Waals surface area (Å²) >= 11 is 0. The van der Waals surface area contributed by atoms with E-state index in [2.05, 4.69) is 15.3 Å². The number of hydrogen-bond donors (Lipinski definition) is 2. The second-order valence-corrected chi connectivity index (χ2v) is 12.5. The minimum atomic E-state index is -3.73. The second-order valence-electron chi connectivity index (χ2n) is 10.5. The monoisotopic (exact) mass is 612 g/mol. The number of methoxy groups -OCH3 is 1. The van der Waals surface area contributed by atoms with Crippen molar-refractivity contribution in [3.8, 4) is 39.7 Å². The van der Waals surface area contributed by atoms with Crippen molar-refractivity contribution in [1.82, 2.24) is 15.3 Å². The Bertz CT molecular complexity index is 2190. The number of ether oxygens (including phenoxy) is 1. The van der Waals surface area contributed by atoms with Gasteiger partial charge in [0.2, 0.25) is 15.9 Å². The van der Waals surface area contributed by atoms with E-state index in [0.29, 0.717) is 61.3 Å². The normalized spacial score (nSPS) is 11.7. The number of halogens is 1. The molecule has 3 aromatic carbocycles. The van der Waals surface area contributed by atoms with E-state index >= 15 is 0 Å². The van der Waals surface area contributed by atoms with Crippen molar-refractivity contribution in [1.29, 1.82) is 0 Å². The van der Waals surface area contributed by atoms with Gasteiger partial charge in [0.1, 0.15) is 17.2 Å². The molecule has 0 aliphatic rings. The van der Waals surface area contributed by atoms with E-state index in [0.717, 1.165) is 16.1 Å². The lowest BCUT2D eigenvalue weighted by atomic mass is 9.99. The minimum absolute atomic E-state index is 0.253. The lowest BCUT2D eigenvalue weighted by molar-refractivity contribution is 0.0964. The van der Waals surface area contributed by atoms with Gasteiger partial charge in [0.25, 0.3) is 5.91 Å². The van der Waals surface area contributed by atoms with Crippen molar-refractivity contribution in [2.24, 2.45) is 0 Å². The van der Waals surface area contributed by atoms with Gasteiger partial charge in [-0.25, -0.2) is 17.8 Å². The Hall–Kier alpha value is -5.16. The fourth-order valence-corrected chi connectivity index (χ4v) is 5.72. The number of hydrogen-bond acceptors (Lipinski definition) is 6. The van der Waals surface area contributed by atoms with Crippen LogP contribution in [0.25, 0.3) is 55.7 Å². The molecule has 0 atom stereocenters. The first-order valence-electron chi connectivity index (χ1n) is 13.7. The second kappa shape index (κ2) is 10.8. The predicted octanol–water partition coefficient (Wildman–Crippen LogP) is 6.52. The quantitative estimate of drug-likeness (QED) is 0.212. The summed E-state index contributed by atoms with van der Waals surface area (Å²) in [6.07, 6.45) is 1.10. The van der Waals surface area contributed by atoms with E-state index in [9.17, 15) is 17.6 Å². The van der Waals surface area contributed by atoms with Crippen molar-refractivity contribution >= 4 is 43.5 Å². The smallest absolute Gasteiger partial charge is 0.255 e. The first-order chi connectivity index (χ1) is 21.0. The third-order valence-electron chi connectivity index (χ3n) is 7.62. The first-order valence-corrected chi connectivity index (χ1v) is 15.5. The number of fused-ring (bicyclic) bond motifs is 2. The molecule has 0 saturated heterocycles. The van der Waals surface area contributed by atoms with Crippen molar-refractivity contribution in [2.75, 3.05) is 31.8 Å². The standard InChI is InChI=1S/C33H29FN4O5S/c1-18-9-11-19(12-10-18)32-31(33(39)35-2)23-15-22(28(17-29(23)43-32)38(3)44(5,40)41)27-13-20(14-30(37-27)42-4)26-16-21-24(34)7-6-8-25(21)36-26/h6-17,36H,1-5H3,(H,35,39). The van der Waals surface area contributed by atoms with Crippen LogP contribution in [-0.2, 0) is 10.0 Å². The molecule has 44 heavy (non-hydrogen) atoms. The number of amides is 1. The number of nitrogens with zero attached hydrogens (tertiary/aromatic N) is 2. The Morgan fingerprint density at radius 1 is 1.02 bits per heavy atom. The number of H-pyrrole nitrogens is 1. The van der Waals surface area contributed by atoms with Gasteiger partial charge < -0.3 is 19.5 Å². The summed E-state index contributed by atoms with van der Waals surface area (Å²) in [4.78, 5) is 21.2. The van der Waals surface area contributed by atoms with Crippen molar-refractivity contribution in [3.05, 3.63) is 89.7 Å². The highest BCUT2D eigenvalue weighted by Crippen LogP contribution is 2.42. The number of aryl methyl sites for hydroxylation is 1. The van der Waals surface area contributed by atoms with Gasteiger partial charge in [-0.15, -0.1) is 0 Å². The molecule has 3 heterocycles. The fraction of sp³-hybridized carbons (Fsp3) is 0.152. The maximum atomic E-state index is 14.5. The Morgan fingerprint density at radius 2 is 1.77 bits per heavy atom. The molecule has 6 rings (SSSR count). The molecule has 1 amide bonds. The van der Waals surface area contributed by atoms with Crippen LogP contribution in [0.3, 0.4) is 0 Å². The van der Waals surface area contributed by atoms with Crippen molar-refractivity contribution < 1.29 is 26.8 Å². The third kappa shape index (κ3) is 5.05. The highest BCUT2D eigenvalue weighted by Gasteiger charge is 2.27. The van der Waals surface area contributed by atoms with Crippen LogP contribution in [0.5, 0.6) is 5.88 Å². The van der Waals surface area contributed by atoms with Crippen molar-refractivity contribution in [2.45, 2.75) is 6.92 Å². The molecule has 0 unspecified atom stereocenters. The molecule has 0 fully saturated rings. The summed E-state index contributed by atoms with van der Waals surface area (Å²) in [5.74, 6) is -0.124. The number of carbonyl (C=O) groups excluding carboxylic acids is 1. The van der Waals surface area contributed by atoms with Gasteiger partial charge >= 0.3 is 0 Å². The van der Waals surface area contributed by atoms with Crippen LogP contribution in [0.15, 0.2) is 77.2 Å². The molecule has 224 valence electrons. The molecule has 0 aliphatic heterocycles. The number of aromatic nitrogens is 2. The maximum Gasteiger partial charge on any atom is 0.255 e. The Balaban J connectivity index is 1.65. The molecule has 0 spiro atoms. The Labute approximate surface area is 253 Å². The van der Waals surface area contributed by atoms with E-state index in [-0.39, 0.29) is 23.3 Å². The molecular formula is C33H29FN4O5S. The predicted molar refractivity (Wildman–Crippen MR) is 170 cm³/mol.